The number of allylic oxidation sites excluding steroid dienone is 2. The van der Waals surface area contributed by atoms with Crippen LogP contribution >= 0.6 is 0 Å². The number of rotatable bonds is 7. The lowest BCUT2D eigenvalue weighted by Gasteiger charge is -2.27. The first-order valence-electron chi connectivity index (χ1n) is 10.2. The van der Waals surface area contributed by atoms with Gasteiger partial charge in [-0.2, -0.15) is 5.26 Å². The summed E-state index contributed by atoms with van der Waals surface area (Å²) in [6.45, 7) is 6.12. The summed E-state index contributed by atoms with van der Waals surface area (Å²) in [4.78, 5) is 28.7. The van der Waals surface area contributed by atoms with Crippen molar-refractivity contribution in [1.29, 1.82) is 5.26 Å². The van der Waals surface area contributed by atoms with E-state index in [-0.39, 0.29) is 29.2 Å². The first-order chi connectivity index (χ1) is 14.9. The van der Waals surface area contributed by atoms with Crippen LogP contribution in [0.1, 0.15) is 45.1 Å². The van der Waals surface area contributed by atoms with Crippen LogP contribution in [0.25, 0.3) is 10.9 Å². The zero-order chi connectivity index (χ0) is 22.5. The number of nitrogens with one attached hydrogen (secondary N) is 1. The predicted molar refractivity (Wildman–Crippen MR) is 115 cm³/mol. The number of H-pyrrole nitrogens is 1. The standard InChI is InChI=1S/C23H25N3O5/c1-4-7-18-20(23(28)30-6-3)19(16(12-24)21(25)31-18)15-11-13-10-14(29-5-2)8-9-17(13)26-22(15)27/h8-11,19H,4-7,25H2,1-3H3,(H,26,27)/t19-/m0/s1. The van der Waals surface area contributed by atoms with Gasteiger partial charge in [0.2, 0.25) is 5.88 Å². The molecule has 1 aliphatic rings. The third-order valence-corrected chi connectivity index (χ3v) is 4.94. The maximum absolute atomic E-state index is 13.0. The van der Waals surface area contributed by atoms with E-state index >= 15 is 0 Å². The summed E-state index contributed by atoms with van der Waals surface area (Å²) in [6.07, 6.45) is 1.08. The number of nitrogens with zero attached hydrogens (tertiary/aromatic N) is 1. The second-order valence-electron chi connectivity index (χ2n) is 6.97. The third kappa shape index (κ3) is 4.26. The predicted octanol–water partition coefficient (Wildman–Crippen LogP) is 3.35. The van der Waals surface area contributed by atoms with Crippen LogP contribution < -0.4 is 16.0 Å². The van der Waals surface area contributed by atoms with E-state index in [0.29, 0.717) is 41.9 Å². The van der Waals surface area contributed by atoms with Crippen molar-refractivity contribution < 1.29 is 19.0 Å². The molecule has 0 fully saturated rings. The summed E-state index contributed by atoms with van der Waals surface area (Å²) >= 11 is 0. The van der Waals surface area contributed by atoms with Crippen molar-refractivity contribution >= 4 is 16.9 Å². The number of fused-ring (bicyclic) bond motifs is 1. The monoisotopic (exact) mass is 423 g/mol. The lowest BCUT2D eigenvalue weighted by atomic mass is 9.82. The lowest BCUT2D eigenvalue weighted by Crippen LogP contribution is -2.29. The molecule has 8 heteroatoms. The molecule has 0 saturated carbocycles. The normalized spacial score (nSPS) is 16.1. The van der Waals surface area contributed by atoms with Gasteiger partial charge in [-0.15, -0.1) is 0 Å². The Kier molecular flexibility index (Phi) is 6.65. The highest BCUT2D eigenvalue weighted by atomic mass is 16.5. The summed E-state index contributed by atoms with van der Waals surface area (Å²) in [5.74, 6) is -0.804. The third-order valence-electron chi connectivity index (χ3n) is 4.94. The highest BCUT2D eigenvalue weighted by molar-refractivity contribution is 5.93. The molecule has 0 aliphatic carbocycles. The van der Waals surface area contributed by atoms with Gasteiger partial charge in [0, 0.05) is 22.9 Å². The number of nitriles is 1. The minimum absolute atomic E-state index is 0.00582. The van der Waals surface area contributed by atoms with E-state index in [9.17, 15) is 14.9 Å². The number of aromatic nitrogens is 1. The van der Waals surface area contributed by atoms with Crippen molar-refractivity contribution in [1.82, 2.24) is 4.98 Å². The van der Waals surface area contributed by atoms with E-state index in [0.717, 1.165) is 0 Å². The first kappa shape index (κ1) is 22.0. The lowest BCUT2D eigenvalue weighted by molar-refractivity contribution is -0.139. The van der Waals surface area contributed by atoms with Gasteiger partial charge in [-0.05, 0) is 44.5 Å². The molecule has 0 unspecified atom stereocenters. The van der Waals surface area contributed by atoms with Crippen molar-refractivity contribution in [2.75, 3.05) is 13.2 Å². The van der Waals surface area contributed by atoms with E-state index in [1.54, 1.807) is 31.2 Å². The minimum Gasteiger partial charge on any atom is -0.494 e. The molecule has 0 spiro atoms. The molecular weight excluding hydrogens is 398 g/mol. The summed E-state index contributed by atoms with van der Waals surface area (Å²) in [5, 5.41) is 10.5. The number of ether oxygens (including phenoxy) is 3. The molecule has 0 bridgehead atoms. The second-order valence-corrected chi connectivity index (χ2v) is 6.97. The highest BCUT2D eigenvalue weighted by Gasteiger charge is 2.38. The number of hydrogen-bond donors (Lipinski definition) is 2. The maximum Gasteiger partial charge on any atom is 0.338 e. The molecule has 3 N–H and O–H groups in total. The average molecular weight is 423 g/mol. The summed E-state index contributed by atoms with van der Waals surface area (Å²) in [6, 6.07) is 8.96. The Morgan fingerprint density at radius 2 is 2.03 bits per heavy atom. The fourth-order valence-corrected chi connectivity index (χ4v) is 3.65. The Balaban J connectivity index is 2.28. The maximum atomic E-state index is 13.0. The fourth-order valence-electron chi connectivity index (χ4n) is 3.65. The largest absolute Gasteiger partial charge is 0.494 e. The topological polar surface area (TPSA) is 127 Å². The quantitative estimate of drug-likeness (QED) is 0.654. The van der Waals surface area contributed by atoms with Crippen LogP contribution in [0.4, 0.5) is 0 Å². The number of hydrogen-bond acceptors (Lipinski definition) is 7. The van der Waals surface area contributed by atoms with Gasteiger partial charge in [-0.25, -0.2) is 4.79 Å². The van der Waals surface area contributed by atoms with Crippen molar-refractivity contribution in [2.45, 2.75) is 39.5 Å². The van der Waals surface area contributed by atoms with Gasteiger partial charge in [0.25, 0.3) is 5.56 Å². The van der Waals surface area contributed by atoms with E-state index in [4.69, 9.17) is 19.9 Å². The molecule has 0 amide bonds. The minimum atomic E-state index is -0.997. The Bertz CT molecular complexity index is 1170. The van der Waals surface area contributed by atoms with Gasteiger partial charge >= 0.3 is 5.97 Å². The molecule has 8 nitrogen and oxygen atoms in total. The molecule has 2 heterocycles. The van der Waals surface area contributed by atoms with Gasteiger partial charge in [0.1, 0.15) is 23.2 Å². The molecule has 1 aliphatic heterocycles. The van der Waals surface area contributed by atoms with Gasteiger partial charge in [-0.1, -0.05) is 6.92 Å². The van der Waals surface area contributed by atoms with Crippen LogP contribution in [-0.4, -0.2) is 24.2 Å². The summed E-state index contributed by atoms with van der Waals surface area (Å²) in [5.41, 5.74) is 6.52. The van der Waals surface area contributed by atoms with Gasteiger partial charge < -0.3 is 24.9 Å². The van der Waals surface area contributed by atoms with Gasteiger partial charge in [0.15, 0.2) is 0 Å². The van der Waals surface area contributed by atoms with E-state index in [1.807, 2.05) is 19.9 Å². The van der Waals surface area contributed by atoms with Crippen molar-refractivity contribution in [3.8, 4) is 11.8 Å². The van der Waals surface area contributed by atoms with E-state index < -0.39 is 17.4 Å². The first-order valence-corrected chi connectivity index (χ1v) is 10.2. The molecule has 0 radical (unpaired) electrons. The Hall–Kier alpha value is -3.73. The van der Waals surface area contributed by atoms with Crippen LogP contribution in [-0.2, 0) is 14.3 Å². The summed E-state index contributed by atoms with van der Waals surface area (Å²) in [7, 11) is 0. The van der Waals surface area contributed by atoms with Crippen LogP contribution in [0, 0.1) is 11.3 Å². The molecule has 1 aromatic carbocycles. The van der Waals surface area contributed by atoms with Crippen molar-refractivity contribution in [3.05, 3.63) is 63.0 Å². The number of carbonyl (C=O) groups is 1. The van der Waals surface area contributed by atoms with Crippen molar-refractivity contribution in [3.63, 3.8) is 0 Å². The van der Waals surface area contributed by atoms with Crippen LogP contribution in [0.3, 0.4) is 0 Å². The van der Waals surface area contributed by atoms with E-state index in [1.165, 1.54) is 0 Å². The SMILES string of the molecule is CCCC1=C(C(=O)OCC)[C@@H](c2cc3cc(OCC)ccc3[nH]c2=O)C(C#N)=C(N)O1. The Labute approximate surface area is 179 Å². The zero-order valence-electron chi connectivity index (χ0n) is 17.8. The fraction of sp³-hybridized carbons (Fsp3) is 0.348. The molecule has 0 saturated heterocycles. The Morgan fingerprint density at radius 3 is 2.68 bits per heavy atom. The number of aromatic amines is 1. The van der Waals surface area contributed by atoms with Gasteiger partial charge in [-0.3, -0.25) is 4.79 Å². The number of pyridine rings is 1. The van der Waals surface area contributed by atoms with Crippen LogP contribution in [0.5, 0.6) is 5.75 Å². The van der Waals surface area contributed by atoms with Crippen molar-refractivity contribution in [2.24, 2.45) is 5.73 Å². The van der Waals surface area contributed by atoms with Crippen LogP contribution in [0.2, 0.25) is 0 Å². The Morgan fingerprint density at radius 1 is 1.26 bits per heavy atom. The van der Waals surface area contributed by atoms with E-state index in [2.05, 4.69) is 4.98 Å². The molecule has 31 heavy (non-hydrogen) atoms. The molecule has 1 atom stereocenters. The molecule has 3 rings (SSSR count). The summed E-state index contributed by atoms with van der Waals surface area (Å²) < 4.78 is 16.4. The van der Waals surface area contributed by atoms with Crippen LogP contribution in [0.15, 0.2) is 51.8 Å². The number of carbonyl (C=O) groups excluding carboxylic acids is 1. The number of benzene rings is 1. The molecular formula is C23H25N3O5. The van der Waals surface area contributed by atoms with Gasteiger partial charge in [0.05, 0.1) is 24.7 Å². The number of nitrogens with two attached hydrogens (primary N) is 1. The number of esters is 1. The average Bonchev–Trinajstić information content (AvgIpc) is 2.73. The highest BCUT2D eigenvalue weighted by Crippen LogP contribution is 2.40. The molecule has 2 aromatic rings. The second kappa shape index (κ2) is 9.39. The zero-order valence-corrected chi connectivity index (χ0v) is 17.8. The smallest absolute Gasteiger partial charge is 0.338 e. The molecule has 162 valence electrons. The molecule has 1 aromatic heterocycles.